The maximum atomic E-state index is 9.88. The SMILES string of the molecule is Cc1cc(-c2nc3cc4c(cc3s2)OCO4)cc(C)c1O. The smallest absolute Gasteiger partial charge is 0.231 e. The van der Waals surface area contributed by atoms with Crippen LogP contribution in [0.15, 0.2) is 24.3 Å². The number of phenolic OH excluding ortho intramolecular Hbond substituents is 1. The number of nitrogens with zero attached hydrogens (tertiary/aromatic N) is 1. The first-order chi connectivity index (χ1) is 10.1. The van der Waals surface area contributed by atoms with Gasteiger partial charge in [0.1, 0.15) is 10.8 Å². The van der Waals surface area contributed by atoms with Crippen LogP contribution >= 0.6 is 11.3 Å². The van der Waals surface area contributed by atoms with Gasteiger partial charge in [-0.05, 0) is 37.1 Å². The molecule has 2 heterocycles. The lowest BCUT2D eigenvalue weighted by atomic mass is 10.1. The number of phenols is 1. The van der Waals surface area contributed by atoms with Crippen molar-refractivity contribution in [2.45, 2.75) is 13.8 Å². The third-order valence-corrected chi connectivity index (χ3v) is 4.69. The predicted octanol–water partition coefficient (Wildman–Crippen LogP) is 4.01. The number of aromatic hydroxyl groups is 1. The van der Waals surface area contributed by atoms with Gasteiger partial charge >= 0.3 is 0 Å². The number of benzene rings is 2. The molecule has 1 aromatic heterocycles. The molecular weight excluding hydrogens is 286 g/mol. The van der Waals surface area contributed by atoms with Crippen LogP contribution in [-0.4, -0.2) is 16.9 Å². The van der Waals surface area contributed by atoms with Crippen molar-refractivity contribution in [3.8, 4) is 27.8 Å². The van der Waals surface area contributed by atoms with Crippen molar-refractivity contribution in [1.29, 1.82) is 0 Å². The zero-order chi connectivity index (χ0) is 14.6. The molecule has 0 spiro atoms. The van der Waals surface area contributed by atoms with Gasteiger partial charge in [0.05, 0.1) is 10.2 Å². The molecule has 5 heteroatoms. The molecule has 0 saturated heterocycles. The third-order valence-electron chi connectivity index (χ3n) is 3.62. The third kappa shape index (κ3) is 1.93. The van der Waals surface area contributed by atoms with E-state index in [9.17, 15) is 5.11 Å². The summed E-state index contributed by atoms with van der Waals surface area (Å²) >= 11 is 1.61. The van der Waals surface area contributed by atoms with Crippen LogP contribution in [0, 0.1) is 13.8 Å². The van der Waals surface area contributed by atoms with Crippen LogP contribution in [0.3, 0.4) is 0 Å². The van der Waals surface area contributed by atoms with E-state index in [2.05, 4.69) is 4.98 Å². The van der Waals surface area contributed by atoms with Gasteiger partial charge in [0, 0.05) is 17.7 Å². The second-order valence-electron chi connectivity index (χ2n) is 5.15. The summed E-state index contributed by atoms with van der Waals surface area (Å²) in [6.07, 6.45) is 0. The van der Waals surface area contributed by atoms with Gasteiger partial charge in [0.2, 0.25) is 6.79 Å². The Bertz CT molecular complexity index is 805. The van der Waals surface area contributed by atoms with Crippen molar-refractivity contribution in [1.82, 2.24) is 4.98 Å². The van der Waals surface area contributed by atoms with Crippen LogP contribution in [-0.2, 0) is 0 Å². The molecule has 1 aliphatic heterocycles. The van der Waals surface area contributed by atoms with Crippen LogP contribution < -0.4 is 9.47 Å². The molecular formula is C16H13NO3S. The van der Waals surface area contributed by atoms with Crippen LogP contribution in [0.1, 0.15) is 11.1 Å². The predicted molar refractivity (Wildman–Crippen MR) is 82.3 cm³/mol. The minimum absolute atomic E-state index is 0.274. The van der Waals surface area contributed by atoms with E-state index >= 15 is 0 Å². The van der Waals surface area contributed by atoms with E-state index in [1.54, 1.807) is 11.3 Å². The summed E-state index contributed by atoms with van der Waals surface area (Å²) in [6.45, 7) is 4.07. The van der Waals surface area contributed by atoms with Gasteiger partial charge in [0.15, 0.2) is 11.5 Å². The Morgan fingerprint density at radius 2 is 1.71 bits per heavy atom. The Kier molecular flexibility index (Phi) is 2.59. The van der Waals surface area contributed by atoms with Crippen LogP contribution in [0.2, 0.25) is 0 Å². The normalized spacial score (nSPS) is 13.0. The molecule has 0 atom stereocenters. The molecule has 0 radical (unpaired) electrons. The van der Waals surface area contributed by atoms with Crippen molar-refractivity contribution in [2.75, 3.05) is 6.79 Å². The molecule has 0 fully saturated rings. The fourth-order valence-corrected chi connectivity index (χ4v) is 3.48. The zero-order valence-electron chi connectivity index (χ0n) is 11.6. The lowest BCUT2D eigenvalue weighted by Gasteiger charge is -2.05. The fraction of sp³-hybridized carbons (Fsp3) is 0.188. The Balaban J connectivity index is 1.88. The minimum Gasteiger partial charge on any atom is -0.507 e. The van der Waals surface area contributed by atoms with Crippen LogP contribution in [0.5, 0.6) is 17.2 Å². The number of ether oxygens (including phenoxy) is 2. The average molecular weight is 299 g/mol. The largest absolute Gasteiger partial charge is 0.507 e. The van der Waals surface area contributed by atoms with Gasteiger partial charge in [-0.1, -0.05) is 0 Å². The van der Waals surface area contributed by atoms with E-state index in [1.165, 1.54) is 0 Å². The highest BCUT2D eigenvalue weighted by atomic mass is 32.1. The highest BCUT2D eigenvalue weighted by Crippen LogP contribution is 2.40. The Morgan fingerprint density at radius 3 is 2.43 bits per heavy atom. The molecule has 0 saturated carbocycles. The molecule has 0 aliphatic carbocycles. The van der Waals surface area contributed by atoms with Crippen molar-refractivity contribution in [3.63, 3.8) is 0 Å². The van der Waals surface area contributed by atoms with Crippen molar-refractivity contribution in [2.24, 2.45) is 0 Å². The summed E-state index contributed by atoms with van der Waals surface area (Å²) in [6, 6.07) is 7.80. The summed E-state index contributed by atoms with van der Waals surface area (Å²) < 4.78 is 11.9. The molecule has 1 aliphatic rings. The molecule has 21 heavy (non-hydrogen) atoms. The fourth-order valence-electron chi connectivity index (χ4n) is 2.52. The van der Waals surface area contributed by atoms with Crippen molar-refractivity contribution in [3.05, 3.63) is 35.4 Å². The first-order valence-electron chi connectivity index (χ1n) is 6.62. The topological polar surface area (TPSA) is 51.6 Å². The summed E-state index contributed by atoms with van der Waals surface area (Å²) in [4.78, 5) is 4.67. The molecule has 4 rings (SSSR count). The lowest BCUT2D eigenvalue weighted by Crippen LogP contribution is -1.92. The Hall–Kier alpha value is -2.27. The van der Waals surface area contributed by atoms with E-state index in [0.717, 1.165) is 43.4 Å². The van der Waals surface area contributed by atoms with E-state index in [1.807, 2.05) is 38.1 Å². The van der Waals surface area contributed by atoms with Gasteiger partial charge < -0.3 is 14.6 Å². The summed E-state index contributed by atoms with van der Waals surface area (Å²) in [5, 5.41) is 10.8. The number of fused-ring (bicyclic) bond motifs is 2. The van der Waals surface area contributed by atoms with Gasteiger partial charge in [-0.15, -0.1) is 11.3 Å². The van der Waals surface area contributed by atoms with Gasteiger partial charge in [-0.25, -0.2) is 4.98 Å². The standard InChI is InChI=1S/C16H13NO3S/c1-8-3-10(4-9(2)15(8)18)16-17-11-5-12-13(20-7-19-12)6-14(11)21-16/h3-6,18H,7H2,1-2H3. The van der Waals surface area contributed by atoms with E-state index < -0.39 is 0 Å². The highest BCUT2D eigenvalue weighted by Gasteiger charge is 2.17. The van der Waals surface area contributed by atoms with Gasteiger partial charge in [0.25, 0.3) is 0 Å². The van der Waals surface area contributed by atoms with Crippen molar-refractivity contribution >= 4 is 21.6 Å². The Labute approximate surface area is 125 Å². The minimum atomic E-state index is 0.274. The van der Waals surface area contributed by atoms with Gasteiger partial charge in [-0.2, -0.15) is 0 Å². The van der Waals surface area contributed by atoms with E-state index in [4.69, 9.17) is 9.47 Å². The molecule has 3 aromatic rings. The number of aromatic nitrogens is 1. The van der Waals surface area contributed by atoms with Crippen LogP contribution in [0.4, 0.5) is 0 Å². The van der Waals surface area contributed by atoms with E-state index in [-0.39, 0.29) is 6.79 Å². The quantitative estimate of drug-likeness (QED) is 0.737. The summed E-state index contributed by atoms with van der Waals surface area (Å²) in [5.74, 6) is 1.87. The number of rotatable bonds is 1. The maximum absolute atomic E-state index is 9.88. The molecule has 0 bridgehead atoms. The first kappa shape index (κ1) is 12.5. The van der Waals surface area contributed by atoms with E-state index in [0.29, 0.717) is 5.75 Å². The van der Waals surface area contributed by atoms with Gasteiger partial charge in [-0.3, -0.25) is 0 Å². The molecule has 0 amide bonds. The lowest BCUT2D eigenvalue weighted by molar-refractivity contribution is 0.174. The number of hydrogen-bond donors (Lipinski definition) is 1. The average Bonchev–Trinajstić information content (AvgIpc) is 3.06. The number of hydrogen-bond acceptors (Lipinski definition) is 5. The zero-order valence-corrected chi connectivity index (χ0v) is 12.5. The Morgan fingerprint density at radius 1 is 1.05 bits per heavy atom. The molecule has 106 valence electrons. The second kappa shape index (κ2) is 4.36. The monoisotopic (exact) mass is 299 g/mol. The summed E-state index contributed by atoms with van der Waals surface area (Å²) in [7, 11) is 0. The highest BCUT2D eigenvalue weighted by molar-refractivity contribution is 7.21. The molecule has 4 nitrogen and oxygen atoms in total. The molecule has 0 unspecified atom stereocenters. The summed E-state index contributed by atoms with van der Waals surface area (Å²) in [5.41, 5.74) is 3.64. The first-order valence-corrected chi connectivity index (χ1v) is 7.44. The van der Waals surface area contributed by atoms with Crippen LogP contribution in [0.25, 0.3) is 20.8 Å². The van der Waals surface area contributed by atoms with Crippen molar-refractivity contribution < 1.29 is 14.6 Å². The number of thiazole rings is 1. The molecule has 2 aromatic carbocycles. The second-order valence-corrected chi connectivity index (χ2v) is 6.18. The number of aryl methyl sites for hydroxylation is 2. The maximum Gasteiger partial charge on any atom is 0.231 e. The molecule has 1 N–H and O–H groups in total.